The summed E-state index contributed by atoms with van der Waals surface area (Å²) in [4.78, 5) is 30.8. The van der Waals surface area contributed by atoms with Gasteiger partial charge in [0.25, 0.3) is 5.91 Å². The number of halogens is 1. The third-order valence-electron chi connectivity index (χ3n) is 5.04. The number of rotatable bonds is 7. The summed E-state index contributed by atoms with van der Waals surface area (Å²) in [5, 5.41) is 0.471. The summed E-state index contributed by atoms with van der Waals surface area (Å²) in [6.45, 7) is 5.08. The van der Waals surface area contributed by atoms with E-state index in [0.717, 1.165) is 24.8 Å². The van der Waals surface area contributed by atoms with Crippen LogP contribution in [0.15, 0.2) is 36.7 Å². The number of amides is 1. The lowest BCUT2D eigenvalue weighted by molar-refractivity contribution is -0.0402. The van der Waals surface area contributed by atoms with E-state index >= 15 is 0 Å². The van der Waals surface area contributed by atoms with E-state index in [0.29, 0.717) is 41.6 Å². The first kappa shape index (κ1) is 23.8. The maximum atomic E-state index is 13.0. The lowest BCUT2D eigenvalue weighted by Gasteiger charge is -2.33. The normalized spacial score (nSPS) is 15.6. The fourth-order valence-corrected chi connectivity index (χ4v) is 3.50. The molecule has 2 aromatic rings. The predicted octanol–water partition coefficient (Wildman–Crippen LogP) is 4.40. The Morgan fingerprint density at radius 3 is 2.94 bits per heavy atom. The number of carbonyl (C=O) groups excluding carboxylic acids is 2. The van der Waals surface area contributed by atoms with Gasteiger partial charge in [-0.25, -0.2) is 0 Å². The van der Waals surface area contributed by atoms with Gasteiger partial charge in [0.1, 0.15) is 18.5 Å². The molecule has 168 valence electrons. The Hall–Kier alpha value is -2.88. The van der Waals surface area contributed by atoms with E-state index in [1.165, 1.54) is 6.92 Å². The van der Waals surface area contributed by atoms with Crippen molar-refractivity contribution in [2.75, 3.05) is 26.3 Å². The first-order valence-corrected chi connectivity index (χ1v) is 11.1. The summed E-state index contributed by atoms with van der Waals surface area (Å²) in [5.74, 6) is 6.41. The zero-order valence-corrected chi connectivity index (χ0v) is 19.2. The van der Waals surface area contributed by atoms with Crippen LogP contribution in [0.3, 0.4) is 0 Å². The van der Waals surface area contributed by atoms with Crippen molar-refractivity contribution in [3.8, 4) is 17.6 Å². The van der Waals surface area contributed by atoms with E-state index in [1.54, 1.807) is 41.6 Å². The minimum absolute atomic E-state index is 0.112. The van der Waals surface area contributed by atoms with Crippen molar-refractivity contribution in [1.82, 2.24) is 9.88 Å². The van der Waals surface area contributed by atoms with Crippen molar-refractivity contribution >= 4 is 23.3 Å². The van der Waals surface area contributed by atoms with Crippen LogP contribution in [-0.4, -0.2) is 54.0 Å². The van der Waals surface area contributed by atoms with Gasteiger partial charge >= 0.3 is 0 Å². The second kappa shape index (κ2) is 11.7. The van der Waals surface area contributed by atoms with Gasteiger partial charge in [0, 0.05) is 35.9 Å². The Morgan fingerprint density at radius 2 is 2.16 bits per heavy atom. The molecule has 2 heterocycles. The molecule has 1 atom stereocenters. The van der Waals surface area contributed by atoms with E-state index in [9.17, 15) is 9.59 Å². The van der Waals surface area contributed by atoms with Crippen LogP contribution in [0.1, 0.15) is 59.4 Å². The molecule has 0 spiro atoms. The van der Waals surface area contributed by atoms with Gasteiger partial charge in [-0.15, -0.1) is 0 Å². The SMILES string of the molecule is CCCCC#Cc1cncc(C(=O)N2CCOC(COc3ccc(Cl)cc3C(C)=O)C2)c1. The highest BCUT2D eigenvalue weighted by Crippen LogP contribution is 2.24. The highest BCUT2D eigenvalue weighted by Gasteiger charge is 2.26. The highest BCUT2D eigenvalue weighted by molar-refractivity contribution is 6.31. The molecule has 1 fully saturated rings. The van der Waals surface area contributed by atoms with E-state index < -0.39 is 0 Å². The maximum Gasteiger partial charge on any atom is 0.255 e. The lowest BCUT2D eigenvalue weighted by atomic mass is 10.1. The standard InChI is InChI=1S/C25H27ClN2O4/c1-3-4-5-6-7-19-12-20(15-27-14-19)25(30)28-10-11-31-22(16-28)17-32-24-9-8-21(26)13-23(24)18(2)29/h8-9,12-15,22H,3-5,10-11,16-17H2,1-2H3. The van der Waals surface area contributed by atoms with Crippen LogP contribution in [-0.2, 0) is 4.74 Å². The Bertz CT molecular complexity index is 1030. The van der Waals surface area contributed by atoms with Crippen molar-refractivity contribution in [3.63, 3.8) is 0 Å². The molecule has 7 heteroatoms. The topological polar surface area (TPSA) is 68.7 Å². The number of benzene rings is 1. The van der Waals surface area contributed by atoms with Gasteiger partial charge in [0.05, 0.1) is 24.3 Å². The Kier molecular flexibility index (Phi) is 8.66. The van der Waals surface area contributed by atoms with Gasteiger partial charge in [-0.3, -0.25) is 14.6 Å². The number of hydrogen-bond donors (Lipinski definition) is 0. The van der Waals surface area contributed by atoms with Crippen LogP contribution in [0.5, 0.6) is 5.75 Å². The van der Waals surface area contributed by atoms with Crippen LogP contribution in [0.25, 0.3) is 0 Å². The molecular weight excluding hydrogens is 428 g/mol. The van der Waals surface area contributed by atoms with Gasteiger partial charge in [-0.1, -0.05) is 36.8 Å². The number of aromatic nitrogens is 1. The van der Waals surface area contributed by atoms with Crippen molar-refractivity contribution in [1.29, 1.82) is 0 Å². The quantitative estimate of drug-likeness (QED) is 0.352. The van der Waals surface area contributed by atoms with Crippen molar-refractivity contribution < 1.29 is 19.1 Å². The molecule has 0 bridgehead atoms. The van der Waals surface area contributed by atoms with Crippen LogP contribution in [0.2, 0.25) is 5.02 Å². The largest absolute Gasteiger partial charge is 0.490 e. The zero-order chi connectivity index (χ0) is 22.9. The fourth-order valence-electron chi connectivity index (χ4n) is 3.33. The molecule has 0 radical (unpaired) electrons. The first-order chi connectivity index (χ1) is 15.5. The number of morpholine rings is 1. The molecule has 1 unspecified atom stereocenters. The van der Waals surface area contributed by atoms with Crippen molar-refractivity contribution in [2.24, 2.45) is 0 Å². The number of hydrogen-bond acceptors (Lipinski definition) is 5. The molecule has 0 aliphatic carbocycles. The molecule has 3 rings (SSSR count). The van der Waals surface area contributed by atoms with Crippen LogP contribution >= 0.6 is 11.6 Å². The van der Waals surface area contributed by atoms with Gasteiger partial charge in [0.2, 0.25) is 0 Å². The lowest BCUT2D eigenvalue weighted by Crippen LogP contribution is -2.47. The maximum absolute atomic E-state index is 13.0. The Balaban J connectivity index is 1.62. The minimum Gasteiger partial charge on any atom is -0.490 e. The third-order valence-corrected chi connectivity index (χ3v) is 5.28. The third kappa shape index (κ3) is 6.56. The highest BCUT2D eigenvalue weighted by atomic mass is 35.5. The molecule has 32 heavy (non-hydrogen) atoms. The van der Waals surface area contributed by atoms with Crippen LogP contribution in [0.4, 0.5) is 0 Å². The number of ether oxygens (including phenoxy) is 2. The van der Waals surface area contributed by atoms with E-state index in [2.05, 4.69) is 23.7 Å². The summed E-state index contributed by atoms with van der Waals surface area (Å²) in [6, 6.07) is 6.71. The fraction of sp³-hybridized carbons (Fsp3) is 0.400. The average Bonchev–Trinajstić information content (AvgIpc) is 2.81. The zero-order valence-electron chi connectivity index (χ0n) is 18.4. The van der Waals surface area contributed by atoms with E-state index in [-0.39, 0.29) is 24.4 Å². The van der Waals surface area contributed by atoms with Gasteiger partial charge in [-0.2, -0.15) is 0 Å². The second-order valence-electron chi connectivity index (χ2n) is 7.62. The van der Waals surface area contributed by atoms with Gasteiger partial charge in [0.15, 0.2) is 5.78 Å². The number of nitrogens with zero attached hydrogens (tertiary/aromatic N) is 2. The molecule has 1 aliphatic rings. The molecule has 6 nitrogen and oxygen atoms in total. The van der Waals surface area contributed by atoms with Gasteiger partial charge < -0.3 is 14.4 Å². The smallest absolute Gasteiger partial charge is 0.255 e. The molecule has 1 aromatic carbocycles. The number of pyridine rings is 1. The van der Waals surface area contributed by atoms with Crippen LogP contribution < -0.4 is 4.74 Å². The van der Waals surface area contributed by atoms with Crippen LogP contribution in [0, 0.1) is 11.8 Å². The predicted molar refractivity (Wildman–Crippen MR) is 123 cm³/mol. The van der Waals surface area contributed by atoms with E-state index in [4.69, 9.17) is 21.1 Å². The van der Waals surface area contributed by atoms with E-state index in [1.807, 2.05) is 0 Å². The molecule has 1 aromatic heterocycles. The molecule has 0 N–H and O–H groups in total. The summed E-state index contributed by atoms with van der Waals surface area (Å²) < 4.78 is 11.6. The molecule has 1 amide bonds. The first-order valence-electron chi connectivity index (χ1n) is 10.8. The number of ketones is 1. The second-order valence-corrected chi connectivity index (χ2v) is 8.06. The molecule has 1 saturated heterocycles. The number of unbranched alkanes of at least 4 members (excludes halogenated alkanes) is 2. The summed E-state index contributed by atoms with van der Waals surface area (Å²) in [6.07, 6.45) is 5.91. The number of Topliss-reactive ketones (excluding diaryl/α,β-unsaturated/α-hetero) is 1. The molecule has 0 saturated carbocycles. The average molecular weight is 455 g/mol. The molecular formula is C25H27ClN2O4. The summed E-state index contributed by atoms with van der Waals surface area (Å²) in [7, 11) is 0. The monoisotopic (exact) mass is 454 g/mol. The Labute approximate surface area is 193 Å². The minimum atomic E-state index is -0.312. The Morgan fingerprint density at radius 1 is 1.31 bits per heavy atom. The summed E-state index contributed by atoms with van der Waals surface area (Å²) in [5.41, 5.74) is 1.66. The molecule has 1 aliphatic heterocycles. The summed E-state index contributed by atoms with van der Waals surface area (Å²) >= 11 is 5.98. The van der Waals surface area contributed by atoms with Gasteiger partial charge in [-0.05, 0) is 37.6 Å². The van der Waals surface area contributed by atoms with Crippen molar-refractivity contribution in [2.45, 2.75) is 39.2 Å². The van der Waals surface area contributed by atoms with Crippen molar-refractivity contribution in [3.05, 3.63) is 58.4 Å². The number of carbonyl (C=O) groups is 2.